The van der Waals surface area contributed by atoms with Gasteiger partial charge in [0.2, 0.25) is 0 Å². The molecule has 0 aliphatic carbocycles. The van der Waals surface area contributed by atoms with E-state index in [1.54, 1.807) is 0 Å². The van der Waals surface area contributed by atoms with Crippen molar-refractivity contribution in [1.29, 1.82) is 0 Å². The van der Waals surface area contributed by atoms with Crippen molar-refractivity contribution in [2.75, 3.05) is 0 Å². The van der Waals surface area contributed by atoms with Gasteiger partial charge in [0.15, 0.2) is 0 Å². The second kappa shape index (κ2) is 2160. The van der Waals surface area contributed by atoms with E-state index in [0.717, 1.165) is 0 Å². The van der Waals surface area contributed by atoms with Gasteiger partial charge in [0.25, 0.3) is 0 Å². The molecule has 24 N–H and O–H groups in total. The first-order valence-corrected chi connectivity index (χ1v) is 0. The fraction of sp³-hybridized carbons (Fsp3) is 0. The average molecular weight is 267 g/mol. The van der Waals surface area contributed by atoms with Crippen LogP contribution >= 0.6 is 0 Å². The minimum absolute atomic E-state index is 0. The summed E-state index contributed by atoms with van der Waals surface area (Å²) in [5.41, 5.74) is 0. The topological polar surface area (TPSA) is 378 Å². The van der Waals surface area contributed by atoms with Gasteiger partial charge in [-0.05, 0) is 0 Å². The molecule has 0 unspecified atom stereocenters. The van der Waals surface area contributed by atoms with Gasteiger partial charge in [-0.2, -0.15) is 0 Å². The van der Waals surface area contributed by atoms with E-state index in [4.69, 9.17) is 0 Å². The molecule has 101 valence electrons. The van der Waals surface area contributed by atoms with E-state index in [-0.39, 0.29) is 113 Å². The summed E-state index contributed by atoms with van der Waals surface area (Å²) in [6.45, 7) is 0. The second-order valence-corrected chi connectivity index (χ2v) is 0. The number of hydrogen-bond donors (Lipinski definition) is 0. The van der Waals surface area contributed by atoms with E-state index in [0.29, 0.717) is 0 Å². The maximum atomic E-state index is 0. The van der Waals surface area contributed by atoms with Gasteiger partial charge in [0.1, 0.15) is 0 Å². The van der Waals surface area contributed by atoms with Crippen LogP contribution < -0.4 is 0 Å². The van der Waals surface area contributed by atoms with Crippen molar-refractivity contribution in [2.45, 2.75) is 0 Å². The Bertz CT molecular complexity index is 10.3. The van der Waals surface area contributed by atoms with Crippen LogP contribution in [-0.2, 0) is 0 Å². The van der Waals surface area contributed by atoms with Gasteiger partial charge in [-0.15, -0.1) is 0 Å². The van der Waals surface area contributed by atoms with Gasteiger partial charge in [-0.1, -0.05) is 0 Å². The zero-order valence-corrected chi connectivity index (χ0v) is 7.73. The molecular weight excluding hydrogens is 242 g/mol. The van der Waals surface area contributed by atoms with Crippen LogP contribution in [-0.4, -0.2) is 113 Å². The second-order valence-electron chi connectivity index (χ2n) is 0. The van der Waals surface area contributed by atoms with Gasteiger partial charge < -0.3 is 65.7 Å². The Morgan fingerprint density at radius 3 is 0.214 bits per heavy atom. The molecule has 0 fully saturated rings. The minimum atomic E-state index is 0. The molecule has 0 aliphatic rings. The molecule has 0 bridgehead atoms. The molecule has 0 aromatic heterocycles. The molecule has 0 rings (SSSR count). The summed E-state index contributed by atoms with van der Waals surface area (Å²) < 4.78 is 0. The van der Waals surface area contributed by atoms with Gasteiger partial charge in [-0.25, -0.2) is 0 Å². The quantitative estimate of drug-likeness (QED) is 0.368. The maximum absolute atomic E-state index is 0. The summed E-state index contributed by atoms with van der Waals surface area (Å²) >= 11 is 0. The van der Waals surface area contributed by atoms with Gasteiger partial charge >= 0.3 is 29.6 Å². The van der Waals surface area contributed by atoms with Crippen LogP contribution in [0.2, 0.25) is 0 Å². The SMILES string of the molecule is O.O.O.O.O.O.O.O.O.O.O.O.[Al].[NaH]. The molecule has 0 heterocycles. The Hall–Kier alpha value is 1.05. The molecular formula is H25AlNaO12. The molecule has 0 atom stereocenters. The average Bonchev–Trinajstić information content (AvgIpc) is 0. The van der Waals surface area contributed by atoms with Crippen molar-refractivity contribution in [2.24, 2.45) is 0 Å². The van der Waals surface area contributed by atoms with Gasteiger partial charge in [0, 0.05) is 17.4 Å². The van der Waals surface area contributed by atoms with Crippen LogP contribution in [0.15, 0.2) is 0 Å². The van der Waals surface area contributed by atoms with E-state index >= 15 is 0 Å². The standard InChI is InChI=1S/Al.Na.12H2O.H/h;;12*1H2;. The van der Waals surface area contributed by atoms with Crippen molar-refractivity contribution < 1.29 is 65.7 Å². The van der Waals surface area contributed by atoms with Crippen LogP contribution in [0.3, 0.4) is 0 Å². The van der Waals surface area contributed by atoms with Crippen LogP contribution in [0.4, 0.5) is 0 Å². The Balaban J connectivity index is 0. The summed E-state index contributed by atoms with van der Waals surface area (Å²) in [6.07, 6.45) is 0. The van der Waals surface area contributed by atoms with E-state index < -0.39 is 0 Å². The summed E-state index contributed by atoms with van der Waals surface area (Å²) in [5, 5.41) is 0. The summed E-state index contributed by atoms with van der Waals surface area (Å²) in [6, 6.07) is 0. The fourth-order valence-electron chi connectivity index (χ4n) is 0. The van der Waals surface area contributed by atoms with Crippen LogP contribution in [0, 0.1) is 0 Å². The van der Waals surface area contributed by atoms with Crippen molar-refractivity contribution in [3.63, 3.8) is 0 Å². The van der Waals surface area contributed by atoms with Gasteiger partial charge in [-0.3, -0.25) is 0 Å². The molecule has 14 heteroatoms. The summed E-state index contributed by atoms with van der Waals surface area (Å²) in [7, 11) is 0. The monoisotopic (exact) mass is 267 g/mol. The fourth-order valence-corrected chi connectivity index (χ4v) is 0. The molecule has 14 heavy (non-hydrogen) atoms. The number of rotatable bonds is 0. The Morgan fingerprint density at radius 1 is 0.214 bits per heavy atom. The zero-order chi connectivity index (χ0) is 0. The van der Waals surface area contributed by atoms with Crippen LogP contribution in [0.5, 0.6) is 0 Å². The molecule has 3 radical (unpaired) electrons. The van der Waals surface area contributed by atoms with Gasteiger partial charge in [0.05, 0.1) is 0 Å². The van der Waals surface area contributed by atoms with E-state index in [9.17, 15) is 0 Å². The van der Waals surface area contributed by atoms with Crippen molar-refractivity contribution >= 4 is 46.9 Å². The molecule has 0 spiro atoms. The Labute approximate surface area is 112 Å². The molecule has 0 saturated heterocycles. The van der Waals surface area contributed by atoms with E-state index in [1.807, 2.05) is 0 Å². The predicted molar refractivity (Wildman–Crippen MR) is 56.3 cm³/mol. The predicted octanol–water partition coefficient (Wildman–Crippen LogP) is -10.9. The molecule has 0 aromatic carbocycles. The number of hydrogen-bond acceptors (Lipinski definition) is 0. The van der Waals surface area contributed by atoms with Crippen LogP contribution in [0.1, 0.15) is 0 Å². The first kappa shape index (κ1) is 2680. The molecule has 0 aliphatic heterocycles. The molecule has 12 nitrogen and oxygen atoms in total. The van der Waals surface area contributed by atoms with Crippen molar-refractivity contribution in [3.8, 4) is 0 Å². The van der Waals surface area contributed by atoms with Crippen molar-refractivity contribution in [3.05, 3.63) is 0 Å². The Kier molecular flexibility index (Phi) is 414000. The molecule has 0 aromatic rings. The first-order valence-electron chi connectivity index (χ1n) is 0. The third kappa shape index (κ3) is 1710. The molecule has 0 amide bonds. The third-order valence-corrected chi connectivity index (χ3v) is 0. The van der Waals surface area contributed by atoms with E-state index in [2.05, 4.69) is 0 Å². The first-order chi connectivity index (χ1) is 0. The molecule has 0 saturated carbocycles. The van der Waals surface area contributed by atoms with E-state index in [1.165, 1.54) is 0 Å². The zero-order valence-electron chi connectivity index (χ0n) is 6.58. The van der Waals surface area contributed by atoms with Crippen LogP contribution in [0.25, 0.3) is 0 Å². The third-order valence-electron chi connectivity index (χ3n) is 0. The van der Waals surface area contributed by atoms with Crippen molar-refractivity contribution in [1.82, 2.24) is 0 Å². The summed E-state index contributed by atoms with van der Waals surface area (Å²) in [4.78, 5) is 0. The Morgan fingerprint density at radius 2 is 0.214 bits per heavy atom. The normalized spacial score (nSPS) is 0. The summed E-state index contributed by atoms with van der Waals surface area (Å²) in [5.74, 6) is 0.